The van der Waals surface area contributed by atoms with Gasteiger partial charge in [0, 0.05) is 30.2 Å². The van der Waals surface area contributed by atoms with E-state index in [0.29, 0.717) is 0 Å². The Kier molecular flexibility index (Phi) is 2.87. The standard InChI is InChI=1S/C14H18N2O/c17-12-4-3-7-16(10-12)9-11-8-15-14-6-2-1-5-13(11)14/h1-2,5-6,8,12,15,17H,3-4,7,9-10H2/t12-/m1/s1. The minimum atomic E-state index is -0.144. The number of nitrogens with zero attached hydrogens (tertiary/aromatic N) is 1. The van der Waals surface area contributed by atoms with E-state index in [0.717, 1.165) is 32.5 Å². The number of hydrogen-bond acceptors (Lipinski definition) is 2. The molecule has 90 valence electrons. The maximum absolute atomic E-state index is 9.67. The molecule has 0 unspecified atom stereocenters. The predicted octanol–water partition coefficient (Wildman–Crippen LogP) is 2.12. The van der Waals surface area contributed by atoms with Gasteiger partial charge in [-0.15, -0.1) is 0 Å². The molecule has 1 aliphatic heterocycles. The van der Waals surface area contributed by atoms with Crippen molar-refractivity contribution in [3.8, 4) is 0 Å². The summed E-state index contributed by atoms with van der Waals surface area (Å²) < 4.78 is 0. The molecule has 1 saturated heterocycles. The molecule has 0 radical (unpaired) electrons. The largest absolute Gasteiger partial charge is 0.392 e. The minimum Gasteiger partial charge on any atom is -0.392 e. The highest BCUT2D eigenvalue weighted by molar-refractivity contribution is 5.82. The van der Waals surface area contributed by atoms with Crippen LogP contribution in [0, 0.1) is 0 Å². The third-order valence-corrected chi connectivity index (χ3v) is 3.55. The number of hydrogen-bond donors (Lipinski definition) is 2. The number of piperidine rings is 1. The van der Waals surface area contributed by atoms with Crippen LogP contribution in [0.1, 0.15) is 18.4 Å². The zero-order valence-electron chi connectivity index (χ0n) is 9.89. The average Bonchev–Trinajstić information content (AvgIpc) is 2.73. The molecule has 2 N–H and O–H groups in total. The van der Waals surface area contributed by atoms with Gasteiger partial charge in [-0.05, 0) is 31.0 Å². The number of rotatable bonds is 2. The molecule has 17 heavy (non-hydrogen) atoms. The fourth-order valence-electron chi connectivity index (χ4n) is 2.68. The van der Waals surface area contributed by atoms with Crippen molar-refractivity contribution in [1.82, 2.24) is 9.88 Å². The number of nitrogens with one attached hydrogen (secondary N) is 1. The van der Waals surface area contributed by atoms with Gasteiger partial charge >= 0.3 is 0 Å². The van der Waals surface area contributed by atoms with Crippen LogP contribution in [0.4, 0.5) is 0 Å². The maximum Gasteiger partial charge on any atom is 0.0667 e. The fraction of sp³-hybridized carbons (Fsp3) is 0.429. The van der Waals surface area contributed by atoms with Crippen LogP contribution in [0.2, 0.25) is 0 Å². The summed E-state index contributed by atoms with van der Waals surface area (Å²) in [5.74, 6) is 0. The third-order valence-electron chi connectivity index (χ3n) is 3.55. The summed E-state index contributed by atoms with van der Waals surface area (Å²) in [5.41, 5.74) is 2.52. The second-order valence-electron chi connectivity index (χ2n) is 4.89. The highest BCUT2D eigenvalue weighted by Gasteiger charge is 2.18. The van der Waals surface area contributed by atoms with Gasteiger partial charge < -0.3 is 10.1 Å². The Labute approximate surface area is 101 Å². The van der Waals surface area contributed by atoms with Crippen LogP contribution >= 0.6 is 0 Å². The van der Waals surface area contributed by atoms with Crippen LogP contribution in [0.25, 0.3) is 10.9 Å². The van der Waals surface area contributed by atoms with Crippen molar-refractivity contribution in [2.75, 3.05) is 13.1 Å². The zero-order chi connectivity index (χ0) is 11.7. The summed E-state index contributed by atoms with van der Waals surface area (Å²) in [7, 11) is 0. The topological polar surface area (TPSA) is 39.3 Å². The molecule has 1 aliphatic rings. The Balaban J connectivity index is 1.80. The first-order valence-electron chi connectivity index (χ1n) is 6.28. The molecule has 0 bridgehead atoms. The minimum absolute atomic E-state index is 0.144. The van der Waals surface area contributed by atoms with E-state index in [2.05, 4.69) is 34.3 Å². The van der Waals surface area contributed by atoms with Crippen LogP contribution in [-0.4, -0.2) is 34.2 Å². The Morgan fingerprint density at radius 3 is 3.12 bits per heavy atom. The number of aliphatic hydroxyl groups is 1. The van der Waals surface area contributed by atoms with Gasteiger partial charge in [-0.1, -0.05) is 18.2 Å². The van der Waals surface area contributed by atoms with Gasteiger partial charge in [-0.2, -0.15) is 0 Å². The molecule has 0 spiro atoms. The van der Waals surface area contributed by atoms with E-state index < -0.39 is 0 Å². The van der Waals surface area contributed by atoms with Crippen LogP contribution in [0.5, 0.6) is 0 Å². The van der Waals surface area contributed by atoms with E-state index in [9.17, 15) is 5.11 Å². The molecule has 0 aliphatic carbocycles. The molecule has 2 heterocycles. The monoisotopic (exact) mass is 230 g/mol. The van der Waals surface area contributed by atoms with Gasteiger partial charge in [0.25, 0.3) is 0 Å². The molecule has 3 heteroatoms. The number of aliphatic hydroxyl groups excluding tert-OH is 1. The highest BCUT2D eigenvalue weighted by atomic mass is 16.3. The number of aromatic amines is 1. The molecule has 0 amide bonds. The Morgan fingerprint density at radius 2 is 2.24 bits per heavy atom. The van der Waals surface area contributed by atoms with Crippen LogP contribution < -0.4 is 0 Å². The first-order chi connectivity index (χ1) is 8.33. The molecule has 3 rings (SSSR count). The number of para-hydroxylation sites is 1. The molecule has 0 saturated carbocycles. The van der Waals surface area contributed by atoms with Gasteiger partial charge in [-0.25, -0.2) is 0 Å². The van der Waals surface area contributed by atoms with Crippen LogP contribution in [0.3, 0.4) is 0 Å². The number of fused-ring (bicyclic) bond motifs is 1. The molecular formula is C14H18N2O. The van der Waals surface area contributed by atoms with Crippen molar-refractivity contribution < 1.29 is 5.11 Å². The lowest BCUT2D eigenvalue weighted by molar-refractivity contribution is 0.0670. The fourth-order valence-corrected chi connectivity index (χ4v) is 2.68. The van der Waals surface area contributed by atoms with E-state index >= 15 is 0 Å². The Bertz CT molecular complexity index is 506. The Morgan fingerprint density at radius 1 is 1.35 bits per heavy atom. The van der Waals surface area contributed by atoms with E-state index in [-0.39, 0.29) is 6.10 Å². The van der Waals surface area contributed by atoms with E-state index in [1.54, 1.807) is 0 Å². The first kappa shape index (κ1) is 10.8. The van der Waals surface area contributed by atoms with Crippen molar-refractivity contribution in [2.45, 2.75) is 25.5 Å². The van der Waals surface area contributed by atoms with Crippen molar-refractivity contribution in [2.24, 2.45) is 0 Å². The summed E-state index contributed by atoms with van der Waals surface area (Å²) >= 11 is 0. The average molecular weight is 230 g/mol. The lowest BCUT2D eigenvalue weighted by Crippen LogP contribution is -2.37. The second kappa shape index (κ2) is 4.51. The normalized spacial score (nSPS) is 22.1. The molecule has 1 fully saturated rings. The van der Waals surface area contributed by atoms with Crippen molar-refractivity contribution in [1.29, 1.82) is 0 Å². The van der Waals surface area contributed by atoms with Crippen molar-refractivity contribution in [3.05, 3.63) is 36.0 Å². The number of likely N-dealkylation sites (tertiary alicyclic amines) is 1. The summed E-state index contributed by atoms with van der Waals surface area (Å²) in [6.07, 6.45) is 3.99. The van der Waals surface area contributed by atoms with E-state index in [1.807, 2.05) is 6.07 Å². The predicted molar refractivity (Wildman–Crippen MR) is 68.8 cm³/mol. The van der Waals surface area contributed by atoms with E-state index in [1.165, 1.54) is 16.5 Å². The van der Waals surface area contributed by atoms with Gasteiger partial charge in [0.1, 0.15) is 0 Å². The number of β-amino-alcohol motifs (C(OH)–C–C–N with tert-alkyl or cyclic N) is 1. The maximum atomic E-state index is 9.67. The summed E-state index contributed by atoms with van der Waals surface area (Å²) in [6.45, 7) is 2.83. The third kappa shape index (κ3) is 2.21. The quantitative estimate of drug-likeness (QED) is 0.829. The summed E-state index contributed by atoms with van der Waals surface area (Å²) in [6, 6.07) is 8.38. The summed E-state index contributed by atoms with van der Waals surface area (Å²) in [4.78, 5) is 5.64. The SMILES string of the molecule is O[C@@H]1CCCN(Cc2c[nH]c3ccccc23)C1. The van der Waals surface area contributed by atoms with Crippen LogP contribution in [0.15, 0.2) is 30.5 Å². The highest BCUT2D eigenvalue weighted by Crippen LogP contribution is 2.21. The molecule has 3 nitrogen and oxygen atoms in total. The molecular weight excluding hydrogens is 212 g/mol. The summed E-state index contributed by atoms with van der Waals surface area (Å²) in [5, 5.41) is 11.0. The lowest BCUT2D eigenvalue weighted by Gasteiger charge is -2.29. The van der Waals surface area contributed by atoms with Crippen molar-refractivity contribution in [3.63, 3.8) is 0 Å². The van der Waals surface area contributed by atoms with E-state index in [4.69, 9.17) is 0 Å². The first-order valence-corrected chi connectivity index (χ1v) is 6.28. The molecule has 1 atom stereocenters. The van der Waals surface area contributed by atoms with Gasteiger partial charge in [0.2, 0.25) is 0 Å². The molecule has 1 aromatic carbocycles. The zero-order valence-corrected chi connectivity index (χ0v) is 9.89. The smallest absolute Gasteiger partial charge is 0.0667 e. The second-order valence-corrected chi connectivity index (χ2v) is 4.89. The molecule has 1 aromatic heterocycles. The molecule has 2 aromatic rings. The number of aromatic nitrogens is 1. The number of H-pyrrole nitrogens is 1. The van der Waals surface area contributed by atoms with Gasteiger partial charge in [0.05, 0.1) is 6.10 Å². The Hall–Kier alpha value is -1.32. The van der Waals surface area contributed by atoms with Crippen molar-refractivity contribution >= 4 is 10.9 Å². The lowest BCUT2D eigenvalue weighted by atomic mass is 10.1. The van der Waals surface area contributed by atoms with Gasteiger partial charge in [0.15, 0.2) is 0 Å². The van der Waals surface area contributed by atoms with Crippen LogP contribution in [-0.2, 0) is 6.54 Å². The van der Waals surface area contributed by atoms with Gasteiger partial charge in [-0.3, -0.25) is 4.90 Å². The number of benzene rings is 1.